The Hall–Kier alpha value is -0.220. The molecule has 1 unspecified atom stereocenters. The maximum Gasteiger partial charge on any atom is 0.325 e. The molecule has 18 heavy (non-hydrogen) atoms. The summed E-state index contributed by atoms with van der Waals surface area (Å²) < 4.78 is 4.98. The summed E-state index contributed by atoms with van der Waals surface area (Å²) in [7, 11) is 0. The third-order valence-electron chi connectivity index (χ3n) is 3.49. The van der Waals surface area contributed by atoms with Crippen LogP contribution in [0.4, 0.5) is 0 Å². The van der Waals surface area contributed by atoms with Crippen molar-refractivity contribution in [1.29, 1.82) is 0 Å². The summed E-state index contributed by atoms with van der Waals surface area (Å²) in [5.41, 5.74) is 5.16. The fourth-order valence-electron chi connectivity index (χ4n) is 2.30. The summed E-state index contributed by atoms with van der Waals surface area (Å²) >= 11 is 2.10. The fourth-order valence-corrected chi connectivity index (χ4v) is 3.67. The predicted octanol–water partition coefficient (Wildman–Crippen LogP) is 3.11. The first kappa shape index (κ1) is 15.8. The van der Waals surface area contributed by atoms with E-state index >= 15 is 0 Å². The van der Waals surface area contributed by atoms with Crippen LogP contribution < -0.4 is 5.73 Å². The zero-order valence-electron chi connectivity index (χ0n) is 11.7. The van der Waals surface area contributed by atoms with Crippen molar-refractivity contribution in [2.75, 3.05) is 12.4 Å². The van der Waals surface area contributed by atoms with Gasteiger partial charge in [-0.15, -0.1) is 0 Å². The third-order valence-corrected chi connectivity index (χ3v) is 4.96. The van der Waals surface area contributed by atoms with Crippen molar-refractivity contribution in [3.8, 4) is 0 Å². The van der Waals surface area contributed by atoms with E-state index in [1.165, 1.54) is 31.4 Å². The van der Waals surface area contributed by atoms with Gasteiger partial charge in [-0.1, -0.05) is 19.3 Å². The van der Waals surface area contributed by atoms with Crippen LogP contribution in [0.1, 0.15) is 58.8 Å². The Morgan fingerprint density at radius 3 is 2.67 bits per heavy atom. The quantitative estimate of drug-likeness (QED) is 0.545. The van der Waals surface area contributed by atoms with Crippen LogP contribution in [0.3, 0.4) is 0 Å². The molecule has 1 aliphatic rings. The second-order valence-corrected chi connectivity index (χ2v) is 6.78. The van der Waals surface area contributed by atoms with Crippen LogP contribution in [0, 0.1) is 0 Å². The molecule has 1 rings (SSSR count). The fraction of sp³-hybridized carbons (Fsp3) is 0.929. The molecule has 1 saturated carbocycles. The number of rotatable bonds is 8. The molecule has 1 fully saturated rings. The summed E-state index contributed by atoms with van der Waals surface area (Å²) in [5, 5.41) is 0.888. The molecule has 0 bridgehead atoms. The summed E-state index contributed by atoms with van der Waals surface area (Å²) in [5.74, 6) is 0.928. The first-order chi connectivity index (χ1) is 8.56. The highest BCUT2D eigenvalue weighted by atomic mass is 32.2. The number of carbonyl (C=O) groups excluding carboxylic acids is 1. The third kappa shape index (κ3) is 5.61. The molecule has 106 valence electrons. The van der Waals surface area contributed by atoms with Gasteiger partial charge in [0.05, 0.1) is 6.61 Å². The largest absolute Gasteiger partial charge is 0.465 e. The van der Waals surface area contributed by atoms with Crippen molar-refractivity contribution in [2.45, 2.75) is 69.6 Å². The van der Waals surface area contributed by atoms with E-state index in [0.29, 0.717) is 6.61 Å². The van der Waals surface area contributed by atoms with E-state index in [0.717, 1.165) is 24.5 Å². The van der Waals surface area contributed by atoms with Crippen molar-refractivity contribution in [3.05, 3.63) is 0 Å². The van der Waals surface area contributed by atoms with Crippen LogP contribution in [0.5, 0.6) is 0 Å². The van der Waals surface area contributed by atoms with Crippen molar-refractivity contribution >= 4 is 17.7 Å². The molecule has 0 radical (unpaired) electrons. The van der Waals surface area contributed by atoms with Gasteiger partial charge in [-0.05, 0) is 45.3 Å². The number of unbranched alkanes of at least 4 members (excludes halogenated alkanes) is 1. The molecular weight excluding hydrogens is 246 g/mol. The highest BCUT2D eigenvalue weighted by molar-refractivity contribution is 7.99. The first-order valence-electron chi connectivity index (χ1n) is 7.14. The minimum atomic E-state index is -0.811. The molecule has 0 spiro atoms. The zero-order chi connectivity index (χ0) is 13.4. The topological polar surface area (TPSA) is 52.3 Å². The highest BCUT2D eigenvalue weighted by Crippen LogP contribution is 2.30. The van der Waals surface area contributed by atoms with Crippen molar-refractivity contribution < 1.29 is 9.53 Å². The van der Waals surface area contributed by atoms with Crippen molar-refractivity contribution in [3.63, 3.8) is 0 Å². The first-order valence-corrected chi connectivity index (χ1v) is 8.19. The van der Waals surface area contributed by atoms with Crippen molar-refractivity contribution in [1.82, 2.24) is 0 Å². The maximum absolute atomic E-state index is 11.6. The van der Waals surface area contributed by atoms with Crippen LogP contribution in [0.15, 0.2) is 0 Å². The van der Waals surface area contributed by atoms with Crippen LogP contribution in [0.2, 0.25) is 0 Å². The van der Waals surface area contributed by atoms with Gasteiger partial charge >= 0.3 is 5.97 Å². The summed E-state index contributed by atoms with van der Waals surface area (Å²) in [6.07, 6.45) is 8.46. The lowest BCUT2D eigenvalue weighted by Crippen LogP contribution is -2.46. The number of carbonyl (C=O) groups is 1. The molecule has 0 aromatic heterocycles. The van der Waals surface area contributed by atoms with Gasteiger partial charge in [0.15, 0.2) is 0 Å². The Balaban J connectivity index is 2.06. The van der Waals surface area contributed by atoms with E-state index < -0.39 is 5.54 Å². The van der Waals surface area contributed by atoms with E-state index in [1.807, 2.05) is 6.92 Å². The van der Waals surface area contributed by atoms with Gasteiger partial charge in [0.2, 0.25) is 0 Å². The Labute approximate surface area is 115 Å². The molecule has 0 aliphatic heterocycles. The zero-order valence-corrected chi connectivity index (χ0v) is 12.6. The van der Waals surface area contributed by atoms with Crippen LogP contribution in [-0.2, 0) is 9.53 Å². The Kier molecular flexibility index (Phi) is 7.08. The van der Waals surface area contributed by atoms with Crippen LogP contribution in [0.25, 0.3) is 0 Å². The molecule has 1 aliphatic carbocycles. The predicted molar refractivity (Wildman–Crippen MR) is 77.8 cm³/mol. The Morgan fingerprint density at radius 1 is 1.39 bits per heavy atom. The van der Waals surface area contributed by atoms with E-state index in [2.05, 4.69) is 11.8 Å². The van der Waals surface area contributed by atoms with E-state index in [9.17, 15) is 4.79 Å². The lowest BCUT2D eigenvalue weighted by Gasteiger charge is -2.22. The van der Waals surface area contributed by atoms with Crippen molar-refractivity contribution in [2.24, 2.45) is 5.73 Å². The molecule has 0 aromatic carbocycles. The smallest absolute Gasteiger partial charge is 0.325 e. The summed E-state index contributed by atoms with van der Waals surface area (Å²) in [4.78, 5) is 11.6. The van der Waals surface area contributed by atoms with Gasteiger partial charge in [-0.2, -0.15) is 11.8 Å². The molecule has 4 heteroatoms. The lowest BCUT2D eigenvalue weighted by atomic mass is 9.96. The standard InChI is InChI=1S/C14H27NO2S/c1-3-17-13(16)14(2,15)10-6-7-11-18-12-8-4-5-9-12/h12H,3-11,15H2,1-2H3. The second kappa shape index (κ2) is 8.05. The minimum Gasteiger partial charge on any atom is -0.465 e. The summed E-state index contributed by atoms with van der Waals surface area (Å²) in [6, 6.07) is 0. The average molecular weight is 273 g/mol. The maximum atomic E-state index is 11.6. The number of thioether (sulfide) groups is 1. The monoisotopic (exact) mass is 273 g/mol. The van der Waals surface area contributed by atoms with E-state index in [1.54, 1.807) is 6.92 Å². The van der Waals surface area contributed by atoms with E-state index in [-0.39, 0.29) is 5.97 Å². The average Bonchev–Trinajstić information content (AvgIpc) is 2.82. The van der Waals surface area contributed by atoms with Gasteiger partial charge in [0, 0.05) is 5.25 Å². The number of esters is 1. The molecule has 1 atom stereocenters. The molecule has 0 heterocycles. The molecule has 3 nitrogen and oxygen atoms in total. The molecule has 0 aromatic rings. The van der Waals surface area contributed by atoms with Gasteiger partial charge < -0.3 is 10.5 Å². The van der Waals surface area contributed by atoms with Gasteiger partial charge in [0.1, 0.15) is 5.54 Å². The number of hydrogen-bond acceptors (Lipinski definition) is 4. The van der Waals surface area contributed by atoms with Crippen LogP contribution >= 0.6 is 11.8 Å². The lowest BCUT2D eigenvalue weighted by molar-refractivity contribution is -0.149. The Morgan fingerprint density at radius 2 is 2.06 bits per heavy atom. The second-order valence-electron chi connectivity index (χ2n) is 5.37. The number of ether oxygens (including phenoxy) is 1. The molecule has 0 saturated heterocycles. The van der Waals surface area contributed by atoms with Gasteiger partial charge in [-0.3, -0.25) is 4.79 Å². The molecule has 0 amide bonds. The van der Waals surface area contributed by atoms with Crippen LogP contribution in [-0.4, -0.2) is 29.1 Å². The Bertz CT molecular complexity index is 250. The minimum absolute atomic E-state index is 0.270. The highest BCUT2D eigenvalue weighted by Gasteiger charge is 2.29. The summed E-state index contributed by atoms with van der Waals surface area (Å²) in [6.45, 7) is 3.99. The molecule has 2 N–H and O–H groups in total. The number of hydrogen-bond donors (Lipinski definition) is 1. The van der Waals surface area contributed by atoms with E-state index in [4.69, 9.17) is 10.5 Å². The van der Waals surface area contributed by atoms with Gasteiger partial charge in [-0.25, -0.2) is 0 Å². The normalized spacial score (nSPS) is 19.7. The molecular formula is C14H27NO2S. The van der Waals surface area contributed by atoms with Gasteiger partial charge in [0.25, 0.3) is 0 Å². The number of nitrogens with two attached hydrogens (primary N) is 1. The SMILES string of the molecule is CCOC(=O)C(C)(N)CCCCSC1CCCC1.